The van der Waals surface area contributed by atoms with Crippen LogP contribution in [-0.4, -0.2) is 11.5 Å². The summed E-state index contributed by atoms with van der Waals surface area (Å²) in [5, 5.41) is 2.36. The molecule has 1 N–H and O–H groups in total. The minimum absolute atomic E-state index is 0.193. The van der Waals surface area contributed by atoms with E-state index >= 15 is 0 Å². The molecule has 0 amide bonds. The van der Waals surface area contributed by atoms with Gasteiger partial charge >= 0.3 is 6.18 Å². The normalized spacial score (nSPS) is 13.7. The van der Waals surface area contributed by atoms with Crippen molar-refractivity contribution in [1.29, 1.82) is 0 Å². The second-order valence-electron chi connectivity index (χ2n) is 3.70. The Labute approximate surface area is 116 Å². The third-order valence-corrected chi connectivity index (χ3v) is 3.65. The average Bonchev–Trinajstić information content (AvgIpc) is 2.93. The van der Waals surface area contributed by atoms with E-state index < -0.39 is 17.2 Å². The molecule has 1 unspecified atom stereocenters. The number of nitrogens with one attached hydrogen (secondary N) is 1. The van der Waals surface area contributed by atoms with Gasteiger partial charge in [-0.2, -0.15) is 13.2 Å². The molecular formula is C11H10ClF3N2OS. The van der Waals surface area contributed by atoms with Crippen LogP contribution in [0.5, 0.6) is 0 Å². The molecule has 0 aliphatic heterocycles. The predicted octanol–water partition coefficient (Wildman–Crippen LogP) is 4.11. The van der Waals surface area contributed by atoms with Gasteiger partial charge in [0, 0.05) is 11.1 Å². The fraction of sp³-hybridized carbons (Fsp3) is 0.364. The summed E-state index contributed by atoms with van der Waals surface area (Å²) in [6, 6.07) is 2.70. The minimum Gasteiger partial charge on any atom is -0.448 e. The van der Waals surface area contributed by atoms with Crippen LogP contribution in [0.25, 0.3) is 0 Å². The molecule has 0 saturated heterocycles. The van der Waals surface area contributed by atoms with Crippen LogP contribution in [0, 0.1) is 0 Å². The van der Waals surface area contributed by atoms with Gasteiger partial charge in [0.15, 0.2) is 10.2 Å². The molecule has 2 heterocycles. The molecular weight excluding hydrogens is 301 g/mol. The van der Waals surface area contributed by atoms with Crippen molar-refractivity contribution < 1.29 is 17.6 Å². The lowest BCUT2D eigenvalue weighted by Crippen LogP contribution is -2.20. The largest absolute Gasteiger partial charge is 0.448 e. The number of furan rings is 1. The van der Waals surface area contributed by atoms with Gasteiger partial charge in [-0.3, -0.25) is 0 Å². The van der Waals surface area contributed by atoms with Gasteiger partial charge in [-0.15, -0.1) is 11.3 Å². The molecule has 3 nitrogen and oxygen atoms in total. The van der Waals surface area contributed by atoms with E-state index in [1.807, 2.05) is 6.92 Å². The molecule has 0 bridgehead atoms. The van der Waals surface area contributed by atoms with E-state index in [-0.39, 0.29) is 5.22 Å². The predicted molar refractivity (Wildman–Crippen MR) is 66.4 cm³/mol. The van der Waals surface area contributed by atoms with Crippen molar-refractivity contribution in [2.75, 3.05) is 6.54 Å². The number of thiazole rings is 1. The molecule has 104 valence electrons. The lowest BCUT2D eigenvalue weighted by molar-refractivity contribution is -0.137. The second kappa shape index (κ2) is 5.52. The van der Waals surface area contributed by atoms with Crippen molar-refractivity contribution in [2.24, 2.45) is 0 Å². The Morgan fingerprint density at radius 3 is 2.68 bits per heavy atom. The molecule has 2 rings (SSSR count). The van der Waals surface area contributed by atoms with Crippen LogP contribution in [0.15, 0.2) is 22.7 Å². The first-order valence-electron chi connectivity index (χ1n) is 5.43. The number of hydrogen-bond donors (Lipinski definition) is 1. The van der Waals surface area contributed by atoms with Crippen LogP contribution in [0.3, 0.4) is 0 Å². The molecule has 2 aromatic heterocycles. The van der Waals surface area contributed by atoms with Gasteiger partial charge in [-0.25, -0.2) is 4.98 Å². The number of nitrogens with zero attached hydrogens (tertiary/aromatic N) is 1. The molecule has 0 aromatic carbocycles. The maximum atomic E-state index is 12.5. The lowest BCUT2D eigenvalue weighted by atomic mass is 10.2. The number of rotatable bonds is 4. The van der Waals surface area contributed by atoms with Crippen molar-refractivity contribution in [3.05, 3.63) is 39.2 Å². The third-order valence-electron chi connectivity index (χ3n) is 2.34. The standard InChI is InChI=1S/C11H10ClF3N2OS/c1-2-16-9(6-3-4-8(12)18-6)7-5-17-10(19-7)11(13,14)15/h3-5,9,16H,2H2,1H3. The fourth-order valence-corrected chi connectivity index (χ4v) is 2.60. The molecule has 0 aliphatic carbocycles. The highest BCUT2D eigenvalue weighted by molar-refractivity contribution is 7.11. The summed E-state index contributed by atoms with van der Waals surface area (Å²) in [5.41, 5.74) is 0. The van der Waals surface area contributed by atoms with E-state index in [0.717, 1.165) is 0 Å². The highest BCUT2D eigenvalue weighted by Gasteiger charge is 2.35. The summed E-state index contributed by atoms with van der Waals surface area (Å²) in [7, 11) is 0. The zero-order valence-electron chi connectivity index (χ0n) is 9.79. The quantitative estimate of drug-likeness (QED) is 0.923. The van der Waals surface area contributed by atoms with Crippen molar-refractivity contribution >= 4 is 22.9 Å². The first-order chi connectivity index (χ1) is 8.91. The molecule has 8 heteroatoms. The fourth-order valence-electron chi connectivity index (χ4n) is 1.58. The van der Waals surface area contributed by atoms with E-state index in [1.165, 1.54) is 6.20 Å². The smallest absolute Gasteiger partial charge is 0.443 e. The second-order valence-corrected chi connectivity index (χ2v) is 5.13. The van der Waals surface area contributed by atoms with Crippen LogP contribution in [-0.2, 0) is 6.18 Å². The Kier molecular flexibility index (Phi) is 4.17. The van der Waals surface area contributed by atoms with Crippen LogP contribution < -0.4 is 5.32 Å². The Morgan fingerprint density at radius 1 is 1.47 bits per heavy atom. The van der Waals surface area contributed by atoms with Crippen molar-refractivity contribution in [2.45, 2.75) is 19.1 Å². The molecule has 0 radical (unpaired) electrons. The van der Waals surface area contributed by atoms with Crippen LogP contribution >= 0.6 is 22.9 Å². The number of halogens is 4. The van der Waals surface area contributed by atoms with Gasteiger partial charge in [0.25, 0.3) is 0 Å². The van der Waals surface area contributed by atoms with Crippen molar-refractivity contribution in [3.8, 4) is 0 Å². The van der Waals surface area contributed by atoms with Crippen LogP contribution in [0.2, 0.25) is 5.22 Å². The SMILES string of the molecule is CCNC(c1ccc(Cl)o1)c1cnc(C(F)(F)F)s1. The van der Waals surface area contributed by atoms with Crippen molar-refractivity contribution in [3.63, 3.8) is 0 Å². The molecule has 0 saturated carbocycles. The maximum absolute atomic E-state index is 12.5. The monoisotopic (exact) mass is 310 g/mol. The first-order valence-corrected chi connectivity index (χ1v) is 6.62. The number of aromatic nitrogens is 1. The maximum Gasteiger partial charge on any atom is 0.443 e. The topological polar surface area (TPSA) is 38.1 Å². The molecule has 0 fully saturated rings. The first kappa shape index (κ1) is 14.4. The van der Waals surface area contributed by atoms with Gasteiger partial charge < -0.3 is 9.73 Å². The summed E-state index contributed by atoms with van der Waals surface area (Å²) >= 11 is 6.27. The Hall–Kier alpha value is -1.05. The summed E-state index contributed by atoms with van der Waals surface area (Å²) in [6.07, 6.45) is -3.22. The summed E-state index contributed by atoms with van der Waals surface area (Å²) in [6.45, 7) is 2.42. The number of alkyl halides is 3. The van der Waals surface area contributed by atoms with E-state index in [1.54, 1.807) is 12.1 Å². The Bertz CT molecular complexity index is 552. The third kappa shape index (κ3) is 3.29. The van der Waals surface area contributed by atoms with Crippen LogP contribution in [0.4, 0.5) is 13.2 Å². The lowest BCUT2D eigenvalue weighted by Gasteiger charge is -2.12. The van der Waals surface area contributed by atoms with Gasteiger partial charge in [-0.05, 0) is 30.3 Å². The van der Waals surface area contributed by atoms with E-state index in [9.17, 15) is 13.2 Å². The van der Waals surface area contributed by atoms with Gasteiger partial charge in [0.1, 0.15) is 11.8 Å². The highest BCUT2D eigenvalue weighted by atomic mass is 35.5. The molecule has 2 aromatic rings. The summed E-state index contributed by atoms with van der Waals surface area (Å²) in [5.74, 6) is 0.462. The molecule has 19 heavy (non-hydrogen) atoms. The average molecular weight is 311 g/mol. The summed E-state index contributed by atoms with van der Waals surface area (Å²) < 4.78 is 42.9. The Balaban J connectivity index is 2.32. The van der Waals surface area contributed by atoms with Gasteiger partial charge in [0.05, 0.1) is 0 Å². The molecule has 1 atom stereocenters. The van der Waals surface area contributed by atoms with Gasteiger partial charge in [-0.1, -0.05) is 6.92 Å². The molecule has 0 aliphatic rings. The zero-order valence-corrected chi connectivity index (χ0v) is 11.4. The van der Waals surface area contributed by atoms with Crippen LogP contribution in [0.1, 0.15) is 28.6 Å². The molecule has 0 spiro atoms. The highest BCUT2D eigenvalue weighted by Crippen LogP contribution is 2.36. The van der Waals surface area contributed by atoms with Crippen molar-refractivity contribution in [1.82, 2.24) is 10.3 Å². The zero-order chi connectivity index (χ0) is 14.0. The minimum atomic E-state index is -4.43. The van der Waals surface area contributed by atoms with E-state index in [2.05, 4.69) is 10.3 Å². The Morgan fingerprint density at radius 2 is 2.21 bits per heavy atom. The summed E-state index contributed by atoms with van der Waals surface area (Å²) in [4.78, 5) is 3.83. The number of hydrogen-bond acceptors (Lipinski definition) is 4. The van der Waals surface area contributed by atoms with Gasteiger partial charge in [0.2, 0.25) is 0 Å². The van der Waals surface area contributed by atoms with E-state index in [0.29, 0.717) is 28.5 Å². The van der Waals surface area contributed by atoms with E-state index in [4.69, 9.17) is 16.0 Å².